The van der Waals surface area contributed by atoms with Crippen molar-refractivity contribution in [3.05, 3.63) is 29.3 Å². The van der Waals surface area contributed by atoms with Crippen LogP contribution >= 0.6 is 11.8 Å². The summed E-state index contributed by atoms with van der Waals surface area (Å²) >= 11 is 1.86. The Kier molecular flexibility index (Phi) is 7.62. The van der Waals surface area contributed by atoms with E-state index in [1.54, 1.807) is 4.90 Å². The largest absolute Gasteiger partial charge is 0.322 e. The maximum Gasteiger partial charge on any atom is 0.255 e. The average Bonchev–Trinajstić information content (AvgIpc) is 3.19. The Labute approximate surface area is 225 Å². The average molecular weight is 524 g/mol. The van der Waals surface area contributed by atoms with Crippen LogP contribution in [0.2, 0.25) is 0 Å². The van der Waals surface area contributed by atoms with Crippen molar-refractivity contribution < 1.29 is 14.4 Å². The number of benzene rings is 1. The fourth-order valence-corrected chi connectivity index (χ4v) is 9.09. The maximum absolute atomic E-state index is 12.8. The zero-order valence-electron chi connectivity index (χ0n) is 21.9. The molecule has 7 heteroatoms. The molecule has 0 spiro atoms. The lowest BCUT2D eigenvalue weighted by atomic mass is 9.54. The van der Waals surface area contributed by atoms with Crippen LogP contribution in [0.4, 0.5) is 0 Å². The van der Waals surface area contributed by atoms with Crippen LogP contribution in [-0.2, 0) is 16.1 Å². The minimum atomic E-state index is -0.545. The summed E-state index contributed by atoms with van der Waals surface area (Å²) in [4.78, 5) is 39.3. The minimum Gasteiger partial charge on any atom is -0.322 e. The zero-order chi connectivity index (χ0) is 25.4. The molecule has 1 aromatic rings. The van der Waals surface area contributed by atoms with Gasteiger partial charge in [-0.15, -0.1) is 11.8 Å². The first-order valence-corrected chi connectivity index (χ1v) is 15.7. The van der Waals surface area contributed by atoms with Crippen molar-refractivity contribution >= 4 is 29.5 Å². The predicted octanol–water partition coefficient (Wildman–Crippen LogP) is 4.90. The molecule has 5 fully saturated rings. The number of amides is 3. The van der Waals surface area contributed by atoms with E-state index in [1.807, 2.05) is 23.9 Å². The Morgan fingerprint density at radius 3 is 2.41 bits per heavy atom. The lowest BCUT2D eigenvalue weighted by Crippen LogP contribution is -2.54. The molecule has 0 radical (unpaired) electrons. The van der Waals surface area contributed by atoms with E-state index in [0.717, 1.165) is 41.0 Å². The van der Waals surface area contributed by atoms with Gasteiger partial charge in [-0.05, 0) is 111 Å². The van der Waals surface area contributed by atoms with Crippen LogP contribution in [0.25, 0.3) is 0 Å². The van der Waals surface area contributed by atoms with Crippen molar-refractivity contribution in [3.63, 3.8) is 0 Å². The molecule has 3 amide bonds. The van der Waals surface area contributed by atoms with Gasteiger partial charge in [0.05, 0.1) is 0 Å². The van der Waals surface area contributed by atoms with Crippen molar-refractivity contribution in [2.75, 3.05) is 12.3 Å². The third kappa shape index (κ3) is 5.49. The molecule has 2 heterocycles. The number of nitrogens with zero attached hydrogens (tertiary/aromatic N) is 1. The summed E-state index contributed by atoms with van der Waals surface area (Å²) in [7, 11) is 0. The number of rotatable bonds is 11. The molecule has 6 nitrogen and oxygen atoms in total. The van der Waals surface area contributed by atoms with Gasteiger partial charge in [-0.3, -0.25) is 19.7 Å². The molecule has 2 aliphatic heterocycles. The monoisotopic (exact) mass is 523 g/mol. The van der Waals surface area contributed by atoms with Crippen molar-refractivity contribution in [2.45, 2.75) is 101 Å². The lowest BCUT2D eigenvalue weighted by Gasteiger charge is -2.54. The number of hydrogen-bond acceptors (Lipinski definition) is 5. The molecule has 1 unspecified atom stereocenters. The topological polar surface area (TPSA) is 78.5 Å². The summed E-state index contributed by atoms with van der Waals surface area (Å²) in [5.74, 6) is 4.47. The number of hydrogen-bond donors (Lipinski definition) is 2. The lowest BCUT2D eigenvalue weighted by molar-refractivity contribution is -0.136. The molecule has 37 heavy (non-hydrogen) atoms. The van der Waals surface area contributed by atoms with Gasteiger partial charge in [0.25, 0.3) is 5.91 Å². The molecule has 1 atom stereocenters. The van der Waals surface area contributed by atoms with Crippen LogP contribution in [0.1, 0.15) is 93.0 Å². The fourth-order valence-electron chi connectivity index (χ4n) is 8.12. The Hall–Kier alpha value is -1.86. The predicted molar refractivity (Wildman–Crippen MR) is 145 cm³/mol. The van der Waals surface area contributed by atoms with Crippen molar-refractivity contribution in [3.8, 4) is 0 Å². The number of carbonyl (C=O) groups excluding carboxylic acids is 3. The van der Waals surface area contributed by atoms with E-state index in [2.05, 4.69) is 16.7 Å². The highest BCUT2D eigenvalue weighted by Gasteiger charge is 2.47. The molecule has 1 saturated heterocycles. The van der Waals surface area contributed by atoms with Gasteiger partial charge in [0.2, 0.25) is 11.8 Å². The molecule has 6 aliphatic rings. The van der Waals surface area contributed by atoms with Gasteiger partial charge in [0.15, 0.2) is 0 Å². The summed E-state index contributed by atoms with van der Waals surface area (Å²) in [6.07, 6.45) is 14.7. The quantitative estimate of drug-likeness (QED) is 0.245. The first-order chi connectivity index (χ1) is 18.0. The fraction of sp³-hybridized carbons (Fsp3) is 0.700. The van der Waals surface area contributed by atoms with Crippen molar-refractivity contribution in [1.29, 1.82) is 0 Å². The van der Waals surface area contributed by atoms with Gasteiger partial charge in [-0.1, -0.05) is 19.3 Å². The highest BCUT2D eigenvalue weighted by molar-refractivity contribution is 7.99. The van der Waals surface area contributed by atoms with Crippen molar-refractivity contribution in [2.24, 2.45) is 23.7 Å². The highest BCUT2D eigenvalue weighted by atomic mass is 32.2. The highest BCUT2D eigenvalue weighted by Crippen LogP contribution is 2.53. The number of piperidine rings is 1. The van der Waals surface area contributed by atoms with Crippen LogP contribution in [0.15, 0.2) is 23.1 Å². The number of fused-ring (bicyclic) bond motifs is 1. The van der Waals surface area contributed by atoms with Crippen LogP contribution in [0.5, 0.6) is 0 Å². The number of carbonyl (C=O) groups is 3. The zero-order valence-corrected chi connectivity index (χ0v) is 22.7. The van der Waals surface area contributed by atoms with Crippen LogP contribution in [0.3, 0.4) is 0 Å². The SMILES string of the molecule is O=C1CCC(N2Cc3cc(SCCCCCCCNC4C5CC6CC(C5)CC4C6)ccc3C2=O)C(=O)N1. The number of thioether (sulfide) groups is 1. The number of nitrogens with one attached hydrogen (secondary N) is 2. The van der Waals surface area contributed by atoms with Crippen LogP contribution < -0.4 is 10.6 Å². The van der Waals surface area contributed by atoms with Crippen LogP contribution in [0, 0.1) is 23.7 Å². The summed E-state index contributed by atoms with van der Waals surface area (Å²) < 4.78 is 0. The second-order valence-corrected chi connectivity index (χ2v) is 13.4. The van der Waals surface area contributed by atoms with E-state index in [4.69, 9.17) is 0 Å². The third-order valence-corrected chi connectivity index (χ3v) is 10.8. The van der Waals surface area contributed by atoms with Crippen molar-refractivity contribution in [1.82, 2.24) is 15.5 Å². The van der Waals surface area contributed by atoms with E-state index in [-0.39, 0.29) is 24.1 Å². The van der Waals surface area contributed by atoms with Gasteiger partial charge in [-0.2, -0.15) is 0 Å². The Morgan fingerprint density at radius 1 is 0.919 bits per heavy atom. The summed E-state index contributed by atoms with van der Waals surface area (Å²) in [5.41, 5.74) is 1.68. The van der Waals surface area contributed by atoms with Crippen LogP contribution in [-0.4, -0.2) is 47.0 Å². The maximum atomic E-state index is 12.8. The van der Waals surface area contributed by atoms with Gasteiger partial charge in [0, 0.05) is 29.5 Å². The first-order valence-electron chi connectivity index (χ1n) is 14.7. The molecule has 1 aromatic carbocycles. The Balaban J connectivity index is 0.862. The minimum absolute atomic E-state index is 0.0983. The van der Waals surface area contributed by atoms with Gasteiger partial charge < -0.3 is 10.2 Å². The van der Waals surface area contributed by atoms with E-state index >= 15 is 0 Å². The second-order valence-electron chi connectivity index (χ2n) is 12.2. The second kappa shape index (κ2) is 11.1. The summed E-state index contributed by atoms with van der Waals surface area (Å²) in [5, 5.41) is 6.34. The number of unbranched alkanes of at least 4 members (excludes halogenated alkanes) is 4. The van der Waals surface area contributed by atoms with E-state index in [9.17, 15) is 14.4 Å². The van der Waals surface area contributed by atoms with Gasteiger partial charge >= 0.3 is 0 Å². The molecular weight excluding hydrogens is 482 g/mol. The molecule has 200 valence electrons. The van der Waals surface area contributed by atoms with E-state index in [0.29, 0.717) is 18.5 Å². The smallest absolute Gasteiger partial charge is 0.255 e. The Bertz CT molecular complexity index is 1010. The normalized spacial score (nSPS) is 32.2. The Morgan fingerprint density at radius 2 is 1.65 bits per heavy atom. The molecule has 7 rings (SSSR count). The molecule has 2 N–H and O–H groups in total. The number of imide groups is 1. The molecule has 0 aromatic heterocycles. The third-order valence-electron chi connectivity index (χ3n) is 9.69. The first kappa shape index (κ1) is 25.4. The van der Waals surface area contributed by atoms with E-state index in [1.165, 1.54) is 75.6 Å². The summed E-state index contributed by atoms with van der Waals surface area (Å²) in [6, 6.07) is 6.33. The van der Waals surface area contributed by atoms with Gasteiger partial charge in [-0.25, -0.2) is 0 Å². The molecule has 4 saturated carbocycles. The summed E-state index contributed by atoms with van der Waals surface area (Å²) in [6.45, 7) is 1.65. The molecular formula is C30H41N3O3S. The standard InChI is InChI=1S/C30H41N3O3S/c34-27-9-8-26(29(35)32-27)33-18-23-17-24(6-7-25(23)30(33)36)37-11-5-3-1-2-4-10-31-28-21-13-19-12-20(15-21)16-22(28)14-19/h6-7,17,19-22,26,28,31H,1-5,8-16,18H2,(H,32,34,35). The van der Waals surface area contributed by atoms with Gasteiger partial charge in [0.1, 0.15) is 6.04 Å². The van der Waals surface area contributed by atoms with E-state index < -0.39 is 6.04 Å². The molecule has 4 bridgehead atoms. The molecule has 4 aliphatic carbocycles.